The average Bonchev–Trinajstić information content (AvgIpc) is 3.40. The van der Waals surface area contributed by atoms with Crippen LogP contribution in [-0.2, 0) is 15.9 Å². The molecule has 0 aromatic carbocycles. The van der Waals surface area contributed by atoms with Crippen molar-refractivity contribution in [3.05, 3.63) is 29.5 Å². The van der Waals surface area contributed by atoms with E-state index in [9.17, 15) is 0 Å². The van der Waals surface area contributed by atoms with Crippen LogP contribution < -0.4 is 5.32 Å². The van der Waals surface area contributed by atoms with Gasteiger partial charge in [0.1, 0.15) is 16.5 Å². The van der Waals surface area contributed by atoms with E-state index >= 15 is 0 Å². The zero-order chi connectivity index (χ0) is 22.2. The molecule has 6 rings (SSSR count). The number of nitrogens with zero attached hydrogens (tertiary/aromatic N) is 6. The topological polar surface area (TPSA) is 90.2 Å². The Kier molecular flexibility index (Phi) is 6.00. The molecular weight excluding hydrogens is 438 g/mol. The Bertz CT molecular complexity index is 1100. The summed E-state index contributed by atoms with van der Waals surface area (Å²) in [5, 5.41) is 9.35. The summed E-state index contributed by atoms with van der Waals surface area (Å²) in [6.07, 6.45) is 9.46. The number of aromatic nitrogens is 5. The second-order valence-corrected chi connectivity index (χ2v) is 10.2. The van der Waals surface area contributed by atoms with Crippen LogP contribution in [0.1, 0.15) is 48.8 Å². The van der Waals surface area contributed by atoms with E-state index < -0.39 is 0 Å². The van der Waals surface area contributed by atoms with Crippen molar-refractivity contribution in [3.8, 4) is 0 Å². The summed E-state index contributed by atoms with van der Waals surface area (Å²) in [5.41, 5.74) is 2.13. The second-order valence-electron chi connectivity index (χ2n) is 9.43. The molecule has 5 heterocycles. The van der Waals surface area contributed by atoms with Crippen LogP contribution in [0, 0.1) is 6.92 Å². The maximum Gasteiger partial charge on any atom is 0.149 e. The summed E-state index contributed by atoms with van der Waals surface area (Å²) >= 11 is 1.46. The summed E-state index contributed by atoms with van der Waals surface area (Å²) in [6.45, 7) is 7.42. The largest absolute Gasteiger partial charge is 0.379 e. The predicted molar refractivity (Wildman–Crippen MR) is 127 cm³/mol. The molecule has 3 aromatic heterocycles. The third-order valence-electron chi connectivity index (χ3n) is 7.16. The normalized spacial score (nSPS) is 24.8. The Morgan fingerprint density at radius 3 is 2.64 bits per heavy atom. The van der Waals surface area contributed by atoms with E-state index in [1.165, 1.54) is 24.4 Å². The van der Waals surface area contributed by atoms with Crippen LogP contribution in [0.4, 0.5) is 5.82 Å². The van der Waals surface area contributed by atoms with Crippen LogP contribution in [0.3, 0.4) is 0 Å². The first kappa shape index (κ1) is 21.4. The molecule has 33 heavy (non-hydrogen) atoms. The van der Waals surface area contributed by atoms with E-state index in [4.69, 9.17) is 19.4 Å². The lowest BCUT2D eigenvalue weighted by atomic mass is 9.90. The van der Waals surface area contributed by atoms with E-state index in [0.717, 1.165) is 85.5 Å². The van der Waals surface area contributed by atoms with Crippen molar-refractivity contribution in [1.82, 2.24) is 29.0 Å². The first-order valence-electron chi connectivity index (χ1n) is 12.0. The average molecular weight is 470 g/mol. The molecule has 9 nitrogen and oxygen atoms in total. The summed E-state index contributed by atoms with van der Waals surface area (Å²) in [6, 6.07) is 1.49. The van der Waals surface area contributed by atoms with Gasteiger partial charge in [0.05, 0.1) is 49.7 Å². The van der Waals surface area contributed by atoms with Gasteiger partial charge in [-0.2, -0.15) is 9.47 Å². The first-order valence-corrected chi connectivity index (χ1v) is 12.8. The van der Waals surface area contributed by atoms with Gasteiger partial charge in [0.25, 0.3) is 0 Å². The molecule has 0 spiro atoms. The number of rotatable bonds is 6. The monoisotopic (exact) mass is 469 g/mol. The molecule has 10 heteroatoms. The smallest absolute Gasteiger partial charge is 0.149 e. The second kappa shape index (κ2) is 9.25. The number of ether oxygens (including phenoxy) is 2. The van der Waals surface area contributed by atoms with Gasteiger partial charge in [-0.15, -0.1) is 0 Å². The van der Waals surface area contributed by atoms with Gasteiger partial charge in [-0.05, 0) is 49.7 Å². The summed E-state index contributed by atoms with van der Waals surface area (Å²) in [5.74, 6) is 1.76. The van der Waals surface area contributed by atoms with Crippen molar-refractivity contribution in [2.75, 3.05) is 44.8 Å². The fourth-order valence-corrected chi connectivity index (χ4v) is 5.96. The molecule has 2 saturated heterocycles. The molecule has 0 bridgehead atoms. The van der Waals surface area contributed by atoms with Crippen LogP contribution in [0.5, 0.6) is 0 Å². The number of nitrogens with one attached hydrogen (secondary N) is 1. The number of anilines is 1. The maximum absolute atomic E-state index is 5.53. The van der Waals surface area contributed by atoms with E-state index in [-0.39, 0.29) is 0 Å². The molecular formula is C23H31N7O2S. The quantitative estimate of drug-likeness (QED) is 0.589. The van der Waals surface area contributed by atoms with Crippen molar-refractivity contribution < 1.29 is 9.47 Å². The van der Waals surface area contributed by atoms with Crippen LogP contribution in [0.25, 0.3) is 10.2 Å². The molecule has 3 aromatic rings. The minimum atomic E-state index is 0.358. The molecule has 0 unspecified atom stereocenters. The Morgan fingerprint density at radius 2 is 1.88 bits per heavy atom. The maximum atomic E-state index is 5.53. The summed E-state index contributed by atoms with van der Waals surface area (Å²) < 4.78 is 17.4. The third-order valence-corrected chi connectivity index (χ3v) is 8.00. The van der Waals surface area contributed by atoms with Gasteiger partial charge in [0.15, 0.2) is 0 Å². The Hall–Kier alpha value is -2.14. The molecule has 2 aliphatic heterocycles. The van der Waals surface area contributed by atoms with Crippen LogP contribution >= 0.6 is 11.5 Å². The minimum Gasteiger partial charge on any atom is -0.379 e. The van der Waals surface area contributed by atoms with E-state index in [1.807, 2.05) is 17.8 Å². The number of morpholine rings is 1. The Balaban J connectivity index is 1.17. The zero-order valence-corrected chi connectivity index (χ0v) is 19.9. The van der Waals surface area contributed by atoms with Crippen molar-refractivity contribution in [1.29, 1.82) is 0 Å². The molecule has 1 saturated carbocycles. The third kappa shape index (κ3) is 4.49. The number of hydrogen-bond donors (Lipinski definition) is 1. The van der Waals surface area contributed by atoms with Crippen molar-refractivity contribution in [2.45, 2.75) is 57.2 Å². The lowest BCUT2D eigenvalue weighted by Crippen LogP contribution is -2.46. The lowest BCUT2D eigenvalue weighted by Gasteiger charge is -2.39. The van der Waals surface area contributed by atoms with Crippen LogP contribution in [0.2, 0.25) is 0 Å². The predicted octanol–water partition coefficient (Wildman–Crippen LogP) is 2.81. The Morgan fingerprint density at radius 1 is 1.06 bits per heavy atom. The van der Waals surface area contributed by atoms with Gasteiger partial charge in [-0.25, -0.2) is 9.97 Å². The SMILES string of the molecule is Cc1nsc2nc(Cc3cnn(C4COC4)c3)nc(NC3CCC(N4CCOCC4)CC3)c12. The molecule has 0 atom stereocenters. The van der Waals surface area contributed by atoms with Gasteiger partial charge >= 0.3 is 0 Å². The molecule has 3 aliphatic rings. The first-order chi connectivity index (χ1) is 16.2. The highest BCUT2D eigenvalue weighted by molar-refractivity contribution is 7.13. The van der Waals surface area contributed by atoms with Crippen molar-refractivity contribution in [2.24, 2.45) is 0 Å². The van der Waals surface area contributed by atoms with Gasteiger partial charge in [-0.3, -0.25) is 9.58 Å². The number of hydrogen-bond acceptors (Lipinski definition) is 9. The van der Waals surface area contributed by atoms with E-state index in [1.54, 1.807) is 0 Å². The van der Waals surface area contributed by atoms with Gasteiger partial charge in [0.2, 0.25) is 0 Å². The Labute approximate surface area is 197 Å². The molecule has 0 radical (unpaired) electrons. The van der Waals surface area contributed by atoms with Crippen molar-refractivity contribution in [3.63, 3.8) is 0 Å². The molecule has 176 valence electrons. The highest BCUT2D eigenvalue weighted by Gasteiger charge is 2.28. The van der Waals surface area contributed by atoms with Gasteiger partial charge < -0.3 is 14.8 Å². The van der Waals surface area contributed by atoms with Crippen molar-refractivity contribution >= 4 is 27.6 Å². The number of aryl methyl sites for hydroxylation is 1. The highest BCUT2D eigenvalue weighted by atomic mass is 32.1. The van der Waals surface area contributed by atoms with Crippen LogP contribution in [0.15, 0.2) is 12.4 Å². The summed E-state index contributed by atoms with van der Waals surface area (Å²) in [7, 11) is 0. The molecule has 1 N–H and O–H groups in total. The fourth-order valence-electron chi connectivity index (χ4n) is 5.17. The molecule has 0 amide bonds. The van der Waals surface area contributed by atoms with Gasteiger partial charge in [0, 0.05) is 37.8 Å². The molecule has 1 aliphatic carbocycles. The van der Waals surface area contributed by atoms with Crippen LogP contribution in [-0.4, -0.2) is 80.6 Å². The zero-order valence-electron chi connectivity index (χ0n) is 19.1. The lowest BCUT2D eigenvalue weighted by molar-refractivity contribution is -0.0286. The van der Waals surface area contributed by atoms with E-state index in [0.29, 0.717) is 24.5 Å². The molecule has 3 fully saturated rings. The fraction of sp³-hybridized carbons (Fsp3) is 0.652. The minimum absolute atomic E-state index is 0.358. The standard InChI is InChI=1S/C23H31N7O2S/c1-15-21-22(25-17-2-4-18(5-3-17)29-6-8-31-9-7-29)26-20(27-23(21)33-28-15)10-16-11-24-30(12-16)19-13-32-14-19/h11-12,17-19H,2-10,13-14H2,1H3,(H,25,26,27). The number of fused-ring (bicyclic) bond motifs is 1. The summed E-state index contributed by atoms with van der Waals surface area (Å²) in [4.78, 5) is 13.4. The highest BCUT2D eigenvalue weighted by Crippen LogP contribution is 2.31. The van der Waals surface area contributed by atoms with Gasteiger partial charge in [-0.1, -0.05) is 0 Å². The van der Waals surface area contributed by atoms with E-state index in [2.05, 4.69) is 25.9 Å².